The van der Waals surface area contributed by atoms with E-state index in [9.17, 15) is 24.8 Å². The fourth-order valence-electron chi connectivity index (χ4n) is 5.44. The Morgan fingerprint density at radius 2 is 1.78 bits per heavy atom. The van der Waals surface area contributed by atoms with Crippen LogP contribution in [0, 0.1) is 28.6 Å². The van der Waals surface area contributed by atoms with Gasteiger partial charge in [0.2, 0.25) is 11.8 Å². The minimum atomic E-state index is -1.31. The molecule has 1 aliphatic carbocycles. The molecule has 3 amide bonds. The van der Waals surface area contributed by atoms with Crippen molar-refractivity contribution < 1.29 is 24.2 Å². The highest BCUT2D eigenvalue weighted by atomic mass is 16.6. The average molecular weight is 507 g/mol. The van der Waals surface area contributed by atoms with E-state index >= 15 is 0 Å². The number of fused-ring (bicyclic) bond motifs is 1. The van der Waals surface area contributed by atoms with Crippen molar-refractivity contribution in [2.24, 2.45) is 17.3 Å². The summed E-state index contributed by atoms with van der Waals surface area (Å²) >= 11 is 0. The first kappa shape index (κ1) is 29.9. The lowest BCUT2D eigenvalue weighted by Crippen LogP contribution is -2.57. The zero-order valence-electron chi connectivity index (χ0n) is 23.1. The minimum Gasteiger partial charge on any atom is -0.444 e. The average Bonchev–Trinajstić information content (AvgIpc) is 3.12. The normalized spacial score (nSPS) is 24.6. The first-order valence-electron chi connectivity index (χ1n) is 13.5. The number of likely N-dealkylation sites (tertiary alicyclic amines) is 1. The third-order valence-electron chi connectivity index (χ3n) is 7.62. The van der Waals surface area contributed by atoms with Crippen LogP contribution in [0.3, 0.4) is 0 Å². The number of nitriles is 1. The minimum absolute atomic E-state index is 0.00934. The second-order valence-electron chi connectivity index (χ2n) is 11.9. The summed E-state index contributed by atoms with van der Waals surface area (Å²) in [4.78, 5) is 40.9. The van der Waals surface area contributed by atoms with Crippen molar-refractivity contribution in [1.29, 1.82) is 5.26 Å². The number of nitrogens with one attached hydrogen (secondary N) is 2. The van der Waals surface area contributed by atoms with Gasteiger partial charge in [-0.1, -0.05) is 59.8 Å². The summed E-state index contributed by atoms with van der Waals surface area (Å²) in [6, 6.07) is -0.358. The van der Waals surface area contributed by atoms with E-state index in [-0.39, 0.29) is 29.1 Å². The summed E-state index contributed by atoms with van der Waals surface area (Å²) in [5, 5.41) is 25.1. The number of rotatable bonds is 12. The number of amides is 3. The van der Waals surface area contributed by atoms with E-state index < -0.39 is 35.9 Å². The largest absolute Gasteiger partial charge is 0.444 e. The quantitative estimate of drug-likeness (QED) is 0.274. The van der Waals surface area contributed by atoms with Gasteiger partial charge in [-0.3, -0.25) is 9.59 Å². The first-order valence-corrected chi connectivity index (χ1v) is 13.5. The van der Waals surface area contributed by atoms with Gasteiger partial charge in [-0.15, -0.1) is 0 Å². The SMILES string of the molecule is CCCCCCC[C@H](NC(=O)[C@@H]1[C@@H]2[C@H](CN1C(=O)[C@H](CC)NC(=O)OC(C)(C)C)C2(C)C)C(O)C#N. The van der Waals surface area contributed by atoms with Gasteiger partial charge < -0.3 is 25.4 Å². The van der Waals surface area contributed by atoms with Crippen LogP contribution in [-0.2, 0) is 14.3 Å². The zero-order valence-corrected chi connectivity index (χ0v) is 23.1. The number of hydrogen-bond donors (Lipinski definition) is 3. The van der Waals surface area contributed by atoms with Crippen LogP contribution < -0.4 is 10.6 Å². The number of ether oxygens (including phenoxy) is 1. The number of carbonyl (C=O) groups excluding carboxylic acids is 3. The number of hydrogen-bond acceptors (Lipinski definition) is 6. The van der Waals surface area contributed by atoms with E-state index in [2.05, 4.69) is 31.4 Å². The van der Waals surface area contributed by atoms with Crippen molar-refractivity contribution in [2.45, 2.75) is 123 Å². The molecule has 6 atom stereocenters. The summed E-state index contributed by atoms with van der Waals surface area (Å²) in [6.45, 7) is 13.8. The molecule has 0 bridgehead atoms. The van der Waals surface area contributed by atoms with Gasteiger partial charge in [-0.2, -0.15) is 5.26 Å². The molecule has 1 aliphatic heterocycles. The lowest BCUT2D eigenvalue weighted by molar-refractivity contribution is -0.142. The first-order chi connectivity index (χ1) is 16.8. The Morgan fingerprint density at radius 3 is 2.33 bits per heavy atom. The number of alkyl carbamates (subject to hydrolysis) is 1. The van der Waals surface area contributed by atoms with Crippen molar-refractivity contribution in [2.75, 3.05) is 6.54 Å². The molecule has 2 rings (SSSR count). The van der Waals surface area contributed by atoms with Crippen LogP contribution in [0.2, 0.25) is 0 Å². The molecule has 0 radical (unpaired) electrons. The van der Waals surface area contributed by atoms with Crippen LogP contribution in [0.15, 0.2) is 0 Å². The molecular formula is C27H46N4O5. The van der Waals surface area contributed by atoms with Gasteiger partial charge in [0.1, 0.15) is 17.7 Å². The second kappa shape index (κ2) is 12.3. The van der Waals surface area contributed by atoms with E-state index in [1.54, 1.807) is 32.6 Å². The number of aliphatic hydroxyl groups excluding tert-OH is 1. The number of carbonyl (C=O) groups is 3. The summed E-state index contributed by atoms with van der Waals surface area (Å²) in [6.07, 6.45) is 3.96. The third-order valence-corrected chi connectivity index (χ3v) is 7.62. The Morgan fingerprint density at radius 1 is 1.14 bits per heavy atom. The monoisotopic (exact) mass is 506 g/mol. The standard InChI is InChI=1S/C27H46N4O5/c1-8-10-11-12-13-14-19(20(32)15-28)29-23(33)22-21-17(27(21,6)7)16-31(22)24(34)18(9-2)30-25(35)36-26(3,4)5/h17-22,32H,8-14,16H2,1-7H3,(H,29,33)(H,30,35)/t17-,18-,19-,20?,21-,22-/m0/s1. The van der Waals surface area contributed by atoms with Gasteiger partial charge >= 0.3 is 6.09 Å². The summed E-state index contributed by atoms with van der Waals surface area (Å²) in [5.41, 5.74) is -0.775. The molecule has 3 N–H and O–H groups in total. The Bertz CT molecular complexity index is 831. The maximum Gasteiger partial charge on any atom is 0.408 e. The van der Waals surface area contributed by atoms with Crippen molar-refractivity contribution >= 4 is 17.9 Å². The Balaban J connectivity index is 2.13. The molecule has 0 aromatic carbocycles. The molecule has 2 fully saturated rings. The van der Waals surface area contributed by atoms with Crippen LogP contribution >= 0.6 is 0 Å². The van der Waals surface area contributed by atoms with Crippen molar-refractivity contribution in [3.63, 3.8) is 0 Å². The molecule has 1 heterocycles. The summed E-state index contributed by atoms with van der Waals surface area (Å²) < 4.78 is 5.31. The Labute approximate surface area is 216 Å². The zero-order chi connectivity index (χ0) is 27.3. The third kappa shape index (κ3) is 7.34. The van der Waals surface area contributed by atoms with Crippen molar-refractivity contribution in [3.05, 3.63) is 0 Å². The Hall–Kier alpha value is -2.34. The summed E-state index contributed by atoms with van der Waals surface area (Å²) in [7, 11) is 0. The van der Waals surface area contributed by atoms with Crippen LogP contribution in [0.1, 0.15) is 93.4 Å². The lowest BCUT2D eigenvalue weighted by atomic mass is 9.98. The highest BCUT2D eigenvalue weighted by Crippen LogP contribution is 2.64. The molecule has 204 valence electrons. The van der Waals surface area contributed by atoms with Crippen LogP contribution in [0.4, 0.5) is 4.79 Å². The molecule has 2 aliphatic rings. The molecule has 0 spiro atoms. The topological polar surface area (TPSA) is 132 Å². The molecule has 1 saturated heterocycles. The van der Waals surface area contributed by atoms with E-state index in [4.69, 9.17) is 4.74 Å². The molecule has 9 heteroatoms. The Kier molecular flexibility index (Phi) is 10.2. The number of unbranched alkanes of at least 4 members (excludes halogenated alkanes) is 4. The molecule has 1 unspecified atom stereocenters. The smallest absolute Gasteiger partial charge is 0.408 e. The fraction of sp³-hybridized carbons (Fsp3) is 0.852. The molecule has 1 saturated carbocycles. The van der Waals surface area contributed by atoms with Crippen molar-refractivity contribution in [3.8, 4) is 6.07 Å². The predicted molar refractivity (Wildman–Crippen MR) is 137 cm³/mol. The van der Waals surface area contributed by atoms with Crippen molar-refractivity contribution in [1.82, 2.24) is 15.5 Å². The molecule has 9 nitrogen and oxygen atoms in total. The fourth-order valence-corrected chi connectivity index (χ4v) is 5.44. The highest BCUT2D eigenvalue weighted by molar-refractivity contribution is 5.93. The van der Waals surface area contributed by atoms with Gasteiger partial charge in [-0.25, -0.2) is 4.79 Å². The maximum atomic E-state index is 13.5. The van der Waals surface area contributed by atoms with Crippen LogP contribution in [0.25, 0.3) is 0 Å². The number of aliphatic hydroxyl groups is 1. The summed E-state index contributed by atoms with van der Waals surface area (Å²) in [5.74, 6) is -0.487. The molecule has 0 aromatic heterocycles. The van der Waals surface area contributed by atoms with Crippen LogP contribution in [-0.4, -0.2) is 64.3 Å². The van der Waals surface area contributed by atoms with E-state index in [0.717, 1.165) is 32.1 Å². The molecular weight excluding hydrogens is 460 g/mol. The van der Waals surface area contributed by atoms with Gasteiger partial charge in [-0.05, 0) is 50.9 Å². The van der Waals surface area contributed by atoms with Gasteiger partial charge in [0.05, 0.1) is 12.1 Å². The van der Waals surface area contributed by atoms with Gasteiger partial charge in [0.25, 0.3) is 0 Å². The highest BCUT2D eigenvalue weighted by Gasteiger charge is 2.69. The lowest BCUT2D eigenvalue weighted by Gasteiger charge is -2.34. The second-order valence-corrected chi connectivity index (χ2v) is 11.9. The molecule has 36 heavy (non-hydrogen) atoms. The number of piperidine rings is 1. The molecule has 0 aromatic rings. The number of nitrogens with zero attached hydrogens (tertiary/aromatic N) is 2. The van der Waals surface area contributed by atoms with E-state index in [1.165, 1.54) is 0 Å². The van der Waals surface area contributed by atoms with Gasteiger partial charge in [0, 0.05) is 6.54 Å². The van der Waals surface area contributed by atoms with E-state index in [1.807, 2.05) is 6.07 Å². The van der Waals surface area contributed by atoms with E-state index in [0.29, 0.717) is 19.4 Å². The predicted octanol–water partition coefficient (Wildman–Crippen LogP) is 3.50. The van der Waals surface area contributed by atoms with Gasteiger partial charge in [0.15, 0.2) is 6.10 Å². The maximum absolute atomic E-state index is 13.5. The van der Waals surface area contributed by atoms with Crippen LogP contribution in [0.5, 0.6) is 0 Å².